The third kappa shape index (κ3) is 4.60. The second kappa shape index (κ2) is 8.66. The summed E-state index contributed by atoms with van der Waals surface area (Å²) in [5.74, 6) is -2.37. The number of hydrogen-bond donors (Lipinski definition) is 3. The van der Waals surface area contributed by atoms with Crippen LogP contribution < -0.4 is 20.9 Å². The van der Waals surface area contributed by atoms with Crippen LogP contribution in [0, 0.1) is 12.7 Å². The first kappa shape index (κ1) is 23.6. The first-order valence-corrected chi connectivity index (χ1v) is 10.0. The predicted molar refractivity (Wildman–Crippen MR) is 117 cm³/mol. The maximum atomic E-state index is 13.5. The highest BCUT2D eigenvalue weighted by atomic mass is 19.4. The van der Waals surface area contributed by atoms with Gasteiger partial charge in [-0.2, -0.15) is 22.8 Å². The van der Waals surface area contributed by atoms with E-state index in [1.165, 1.54) is 10.9 Å². The maximum absolute atomic E-state index is 13.5. The molecule has 0 spiro atoms. The van der Waals surface area contributed by atoms with Crippen LogP contribution in [-0.2, 0) is 13.2 Å². The molecule has 3 amide bonds. The smallest absolute Gasteiger partial charge is 0.398 e. The molecule has 0 saturated carbocycles. The average molecular weight is 488 g/mol. The van der Waals surface area contributed by atoms with Gasteiger partial charge in [-0.25, -0.2) is 18.9 Å². The third-order valence-electron chi connectivity index (χ3n) is 5.11. The summed E-state index contributed by atoms with van der Waals surface area (Å²) in [5, 5.41) is 9.04. The largest absolute Gasteiger partial charge is 0.419 e. The van der Waals surface area contributed by atoms with Crippen LogP contribution in [0.5, 0.6) is 0 Å². The number of halogens is 4. The highest BCUT2D eigenvalue weighted by Crippen LogP contribution is 2.33. The molecular weight excluding hydrogens is 470 g/mol. The highest BCUT2D eigenvalue weighted by Gasteiger charge is 2.34. The molecule has 0 atom stereocenters. The number of nitrogens with one attached hydrogen (secondary N) is 2. The Hall–Kier alpha value is -4.55. The van der Waals surface area contributed by atoms with Crippen molar-refractivity contribution in [2.75, 3.05) is 11.1 Å². The number of aryl methyl sites for hydroxylation is 2. The summed E-state index contributed by atoms with van der Waals surface area (Å²) in [6.45, 7) is 1.73. The van der Waals surface area contributed by atoms with Crippen LogP contribution in [0.4, 0.5) is 33.7 Å². The van der Waals surface area contributed by atoms with E-state index in [1.807, 2.05) is 0 Å². The van der Waals surface area contributed by atoms with Crippen molar-refractivity contribution in [3.8, 4) is 5.69 Å². The van der Waals surface area contributed by atoms with E-state index in [0.29, 0.717) is 40.2 Å². The van der Waals surface area contributed by atoms with Gasteiger partial charge < -0.3 is 11.1 Å². The molecule has 0 aliphatic carbocycles. The fraction of sp³-hybridized carbons (Fsp3) is 0.136. The lowest BCUT2D eigenvalue weighted by Crippen LogP contribution is -2.38. The zero-order valence-electron chi connectivity index (χ0n) is 18.3. The molecule has 0 unspecified atom stereocenters. The number of carbonyl (C=O) groups is 2. The lowest BCUT2D eigenvalue weighted by Gasteiger charge is -2.12. The average Bonchev–Trinajstić information content (AvgIpc) is 3.07. The highest BCUT2D eigenvalue weighted by molar-refractivity contribution is 6.11. The van der Waals surface area contributed by atoms with Crippen LogP contribution in [0.3, 0.4) is 0 Å². The van der Waals surface area contributed by atoms with E-state index in [-0.39, 0.29) is 11.3 Å². The molecule has 0 bridgehead atoms. The summed E-state index contributed by atoms with van der Waals surface area (Å²) in [6, 6.07) is 4.04. The van der Waals surface area contributed by atoms with Gasteiger partial charge in [0, 0.05) is 36.8 Å². The number of aromatic nitrogens is 4. The molecule has 0 fully saturated rings. The molecule has 1 aromatic carbocycles. The van der Waals surface area contributed by atoms with Gasteiger partial charge in [0.05, 0.1) is 11.3 Å². The summed E-state index contributed by atoms with van der Waals surface area (Å²) in [7, 11) is 1.69. The Morgan fingerprint density at radius 2 is 1.83 bits per heavy atom. The predicted octanol–water partition coefficient (Wildman–Crippen LogP) is 3.26. The van der Waals surface area contributed by atoms with Gasteiger partial charge in [-0.05, 0) is 25.1 Å². The monoisotopic (exact) mass is 488 g/mol. The number of amides is 3. The van der Waals surface area contributed by atoms with E-state index < -0.39 is 29.5 Å². The van der Waals surface area contributed by atoms with E-state index in [9.17, 15) is 27.2 Å². The van der Waals surface area contributed by atoms with Gasteiger partial charge in [-0.1, -0.05) is 0 Å². The molecule has 0 saturated heterocycles. The molecule has 9 nitrogen and oxygen atoms in total. The summed E-state index contributed by atoms with van der Waals surface area (Å²) in [4.78, 5) is 29.7. The molecule has 180 valence electrons. The Kier molecular flexibility index (Phi) is 5.84. The summed E-state index contributed by atoms with van der Waals surface area (Å²) in [5.41, 5.74) is 5.76. The van der Waals surface area contributed by atoms with Crippen molar-refractivity contribution in [2.45, 2.75) is 13.1 Å². The van der Waals surface area contributed by atoms with Crippen molar-refractivity contribution in [1.82, 2.24) is 20.1 Å². The van der Waals surface area contributed by atoms with Crippen molar-refractivity contribution in [3.05, 3.63) is 71.6 Å². The summed E-state index contributed by atoms with van der Waals surface area (Å²) < 4.78 is 55.5. The first-order valence-electron chi connectivity index (χ1n) is 10.0. The lowest BCUT2D eigenvalue weighted by molar-refractivity contribution is -0.594. The van der Waals surface area contributed by atoms with E-state index >= 15 is 0 Å². The van der Waals surface area contributed by atoms with E-state index in [1.54, 1.807) is 43.1 Å². The van der Waals surface area contributed by atoms with Crippen LogP contribution in [0.15, 0.2) is 48.9 Å². The van der Waals surface area contributed by atoms with Crippen molar-refractivity contribution >= 4 is 34.3 Å². The fourth-order valence-electron chi connectivity index (χ4n) is 3.57. The Morgan fingerprint density at radius 3 is 2.49 bits per heavy atom. The number of nitrogen functional groups attached to an aromatic ring is 1. The zero-order valence-corrected chi connectivity index (χ0v) is 18.3. The minimum atomic E-state index is -4.96. The molecule has 35 heavy (non-hydrogen) atoms. The molecule has 13 heteroatoms. The van der Waals surface area contributed by atoms with Crippen molar-refractivity contribution < 1.29 is 31.7 Å². The van der Waals surface area contributed by atoms with Crippen LogP contribution in [-0.4, -0.2) is 26.7 Å². The Balaban J connectivity index is 1.68. The third-order valence-corrected chi connectivity index (χ3v) is 5.11. The SMILES string of the molecule is Cc1nn(C)c2ncc(C(=O)NC(=O)Nc3ccc(F)c(C(F)(F)F)c3)c(-[n+]3ccc(N)cc3)c12. The van der Waals surface area contributed by atoms with Crippen LogP contribution in [0.2, 0.25) is 0 Å². The van der Waals surface area contributed by atoms with Crippen molar-refractivity contribution in [1.29, 1.82) is 0 Å². The summed E-state index contributed by atoms with van der Waals surface area (Å²) >= 11 is 0. The number of nitrogens with zero attached hydrogens (tertiary/aromatic N) is 4. The number of fused-ring (bicyclic) bond motifs is 1. The quantitative estimate of drug-likeness (QED) is 0.302. The fourth-order valence-corrected chi connectivity index (χ4v) is 3.57. The Labute approximate surface area is 195 Å². The zero-order chi connectivity index (χ0) is 25.5. The van der Waals surface area contributed by atoms with Gasteiger partial charge in [0.2, 0.25) is 5.69 Å². The van der Waals surface area contributed by atoms with Gasteiger partial charge in [0.1, 0.15) is 16.8 Å². The minimum absolute atomic E-state index is 0.00592. The first-order chi connectivity index (χ1) is 16.5. The Morgan fingerprint density at radius 1 is 1.14 bits per heavy atom. The molecule has 0 aliphatic heterocycles. The minimum Gasteiger partial charge on any atom is -0.398 e. The van der Waals surface area contributed by atoms with Gasteiger partial charge in [0.15, 0.2) is 18.0 Å². The standard InChI is InChI=1S/C22H17F4N7O2/c1-11-17-18(33-7-5-12(27)6-8-33)14(10-28-19(17)32(2)31-11)20(34)30-21(35)29-13-3-4-16(23)15(9-13)22(24,25)26/h3-10,27H,1-2H3,(H2,29,30,34,35)/p+1. The van der Waals surface area contributed by atoms with E-state index in [2.05, 4.69) is 20.7 Å². The van der Waals surface area contributed by atoms with E-state index in [0.717, 1.165) is 6.07 Å². The van der Waals surface area contributed by atoms with Gasteiger partial charge in [-0.3, -0.25) is 10.1 Å². The van der Waals surface area contributed by atoms with Crippen LogP contribution in [0.25, 0.3) is 16.7 Å². The molecule has 0 aliphatic rings. The number of nitrogens with two attached hydrogens (primary N) is 1. The van der Waals surface area contributed by atoms with Crippen LogP contribution >= 0.6 is 0 Å². The molecule has 3 aromatic heterocycles. The van der Waals surface area contributed by atoms with Gasteiger partial charge in [0.25, 0.3) is 5.91 Å². The topological polar surface area (TPSA) is 119 Å². The number of carbonyl (C=O) groups excluding carboxylic acids is 2. The number of hydrogen-bond acceptors (Lipinski definition) is 5. The normalized spacial score (nSPS) is 11.5. The summed E-state index contributed by atoms with van der Waals surface area (Å²) in [6.07, 6.45) is -0.471. The number of urea groups is 1. The second-order valence-electron chi connectivity index (χ2n) is 7.57. The number of imide groups is 1. The van der Waals surface area contributed by atoms with Gasteiger partial charge in [-0.15, -0.1) is 0 Å². The number of pyridine rings is 2. The molecule has 4 N–H and O–H groups in total. The lowest BCUT2D eigenvalue weighted by atomic mass is 10.1. The molecular formula is C22H18F4N7O2+. The van der Waals surface area contributed by atoms with Crippen molar-refractivity contribution in [2.24, 2.45) is 7.05 Å². The van der Waals surface area contributed by atoms with Crippen LogP contribution in [0.1, 0.15) is 21.6 Å². The van der Waals surface area contributed by atoms with Gasteiger partial charge >= 0.3 is 12.2 Å². The molecule has 4 rings (SSSR count). The number of alkyl halides is 3. The maximum Gasteiger partial charge on any atom is 0.419 e. The molecule has 4 aromatic rings. The Bertz CT molecular complexity index is 1460. The number of rotatable bonds is 3. The second-order valence-corrected chi connectivity index (χ2v) is 7.57. The number of benzene rings is 1. The van der Waals surface area contributed by atoms with Crippen molar-refractivity contribution in [3.63, 3.8) is 0 Å². The number of anilines is 2. The molecule has 3 heterocycles. The van der Waals surface area contributed by atoms with E-state index in [4.69, 9.17) is 5.73 Å². The molecule has 0 radical (unpaired) electrons.